The average molecular weight is 492 g/mol. The third-order valence-corrected chi connectivity index (χ3v) is 11.8. The molecule has 2 atom stereocenters. The van der Waals surface area contributed by atoms with Crippen molar-refractivity contribution in [3.05, 3.63) is 17.7 Å². The molecular weight excluding hydrogens is 454 g/mol. The number of hydrogen-bond donors (Lipinski definition) is 1. The van der Waals surface area contributed by atoms with Crippen LogP contribution in [-0.4, -0.2) is 55.2 Å². The van der Waals surface area contributed by atoms with Crippen LogP contribution in [0.1, 0.15) is 75.1 Å². The Hall–Kier alpha value is -1.28. The summed E-state index contributed by atoms with van der Waals surface area (Å²) in [5, 5.41) is 4.19. The van der Waals surface area contributed by atoms with Crippen molar-refractivity contribution in [2.75, 3.05) is 30.0 Å². The van der Waals surface area contributed by atoms with Crippen molar-refractivity contribution in [3.8, 4) is 0 Å². The lowest BCUT2D eigenvalue weighted by Gasteiger charge is -2.59. The Bertz CT molecular complexity index is 990. The highest BCUT2D eigenvalue weighted by Crippen LogP contribution is 2.58. The summed E-state index contributed by atoms with van der Waals surface area (Å²) in [6, 6.07) is 4.04. The van der Waals surface area contributed by atoms with Crippen molar-refractivity contribution < 1.29 is 13.2 Å². The van der Waals surface area contributed by atoms with Crippen LogP contribution in [0.4, 0.5) is 5.82 Å². The van der Waals surface area contributed by atoms with E-state index in [1.54, 1.807) is 11.8 Å². The first-order chi connectivity index (χ1) is 15.8. The number of rotatable bonds is 7. The van der Waals surface area contributed by atoms with Gasteiger partial charge in [-0.3, -0.25) is 4.79 Å². The first-order valence-corrected chi connectivity index (χ1v) is 15.6. The van der Waals surface area contributed by atoms with Gasteiger partial charge >= 0.3 is 0 Å². The van der Waals surface area contributed by atoms with Gasteiger partial charge in [-0.2, -0.15) is 0 Å². The molecule has 0 spiro atoms. The van der Waals surface area contributed by atoms with Crippen LogP contribution in [0.2, 0.25) is 0 Å². The Morgan fingerprint density at radius 1 is 1.15 bits per heavy atom. The van der Waals surface area contributed by atoms with Gasteiger partial charge in [-0.05, 0) is 93.4 Å². The van der Waals surface area contributed by atoms with Gasteiger partial charge in [-0.1, -0.05) is 6.92 Å². The van der Waals surface area contributed by atoms with E-state index in [0.717, 1.165) is 55.4 Å². The minimum Gasteiger partial charge on any atom is -0.357 e. The molecule has 1 aliphatic heterocycles. The van der Waals surface area contributed by atoms with Crippen LogP contribution >= 0.6 is 11.8 Å². The summed E-state index contributed by atoms with van der Waals surface area (Å²) in [4.78, 5) is 20.8. The monoisotopic (exact) mass is 491 g/mol. The van der Waals surface area contributed by atoms with Crippen molar-refractivity contribution in [1.82, 2.24) is 10.3 Å². The molecule has 2 heterocycles. The number of carbonyl (C=O) groups excluding carboxylic acids is 1. The highest BCUT2D eigenvalue weighted by Gasteiger charge is 2.59. The van der Waals surface area contributed by atoms with Gasteiger partial charge in [0.15, 0.2) is 9.84 Å². The minimum absolute atomic E-state index is 0.0443. The molecule has 1 amide bonds. The van der Waals surface area contributed by atoms with Gasteiger partial charge in [0, 0.05) is 25.4 Å². The second kappa shape index (κ2) is 9.06. The summed E-state index contributed by atoms with van der Waals surface area (Å²) >= 11 is 1.67. The number of carbonyl (C=O) groups is 1. The number of aromatic nitrogens is 1. The summed E-state index contributed by atoms with van der Waals surface area (Å²) in [5.74, 6) is 2.90. The predicted molar refractivity (Wildman–Crippen MR) is 134 cm³/mol. The molecule has 1 saturated heterocycles. The molecule has 6 nitrogen and oxygen atoms in total. The molecular formula is C25H37N3O3S2. The molecule has 4 saturated carbocycles. The van der Waals surface area contributed by atoms with Crippen molar-refractivity contribution in [2.45, 2.75) is 80.5 Å². The van der Waals surface area contributed by atoms with Gasteiger partial charge in [0.2, 0.25) is 0 Å². The van der Waals surface area contributed by atoms with E-state index in [-0.39, 0.29) is 23.8 Å². The zero-order valence-corrected chi connectivity index (χ0v) is 21.5. The number of hydrogen-bond acceptors (Lipinski definition) is 6. The minimum atomic E-state index is -3.09. The molecule has 8 heteroatoms. The SMILES string of the molecule is CCCSc1nc(N2CCCCC2)ccc1C(=O)NC1C2CC3CC1CC(S(C)(=O)=O)(C3)C2. The molecule has 33 heavy (non-hydrogen) atoms. The number of thioether (sulfide) groups is 1. The van der Waals surface area contributed by atoms with Crippen LogP contribution in [0.5, 0.6) is 0 Å². The van der Waals surface area contributed by atoms with Gasteiger partial charge in [0.05, 0.1) is 10.3 Å². The molecule has 4 aliphatic carbocycles. The summed E-state index contributed by atoms with van der Waals surface area (Å²) in [7, 11) is -3.09. The van der Waals surface area contributed by atoms with Crippen molar-refractivity contribution in [2.24, 2.45) is 17.8 Å². The standard InChI is InChI=1S/C25H37N3O3S2/c1-3-11-32-24-20(7-8-21(26-24)28-9-5-4-6-10-28)23(29)27-22-18-12-17-13-19(22)16-25(14-17,15-18)33(2,30)31/h7-8,17-19,22H,3-6,9-16H2,1-2H3,(H,27,29). The Morgan fingerprint density at radius 2 is 1.85 bits per heavy atom. The maximum atomic E-state index is 13.5. The lowest BCUT2D eigenvalue weighted by atomic mass is 9.53. The summed E-state index contributed by atoms with van der Waals surface area (Å²) < 4.78 is 24.7. The zero-order valence-electron chi connectivity index (χ0n) is 19.9. The summed E-state index contributed by atoms with van der Waals surface area (Å²) in [6.07, 6.45) is 10.4. The number of sulfone groups is 1. The third-order valence-electron chi connectivity index (χ3n) is 8.51. The van der Waals surface area contributed by atoms with E-state index in [9.17, 15) is 13.2 Å². The largest absolute Gasteiger partial charge is 0.357 e. The molecule has 1 aromatic rings. The second-order valence-electron chi connectivity index (χ2n) is 10.8. The van der Waals surface area contributed by atoms with Gasteiger partial charge in [0.1, 0.15) is 10.8 Å². The van der Waals surface area contributed by atoms with E-state index in [1.807, 2.05) is 12.1 Å². The number of nitrogens with one attached hydrogen (secondary N) is 1. The number of pyridine rings is 1. The summed E-state index contributed by atoms with van der Waals surface area (Å²) in [5.41, 5.74) is 0.667. The molecule has 1 N–H and O–H groups in total. The average Bonchev–Trinajstić information content (AvgIpc) is 2.79. The first-order valence-electron chi connectivity index (χ1n) is 12.7. The van der Waals surface area contributed by atoms with Crippen LogP contribution in [0.25, 0.3) is 0 Å². The lowest BCUT2D eigenvalue weighted by Crippen LogP contribution is -2.63. The van der Waals surface area contributed by atoms with E-state index in [1.165, 1.54) is 25.5 Å². The maximum absolute atomic E-state index is 13.5. The van der Waals surface area contributed by atoms with E-state index in [2.05, 4.69) is 17.1 Å². The van der Waals surface area contributed by atoms with Gasteiger partial charge < -0.3 is 10.2 Å². The van der Waals surface area contributed by atoms with Crippen LogP contribution in [0.15, 0.2) is 17.2 Å². The smallest absolute Gasteiger partial charge is 0.254 e. The Kier molecular flexibility index (Phi) is 6.44. The maximum Gasteiger partial charge on any atom is 0.254 e. The van der Waals surface area contributed by atoms with Crippen LogP contribution < -0.4 is 10.2 Å². The number of piperidine rings is 1. The lowest BCUT2D eigenvalue weighted by molar-refractivity contribution is 0.000217. The molecule has 182 valence electrons. The fourth-order valence-electron chi connectivity index (χ4n) is 7.08. The molecule has 0 radical (unpaired) electrons. The van der Waals surface area contributed by atoms with E-state index in [4.69, 9.17) is 4.98 Å². The van der Waals surface area contributed by atoms with Gasteiger partial charge in [-0.25, -0.2) is 13.4 Å². The molecule has 0 aromatic carbocycles. The van der Waals surface area contributed by atoms with Gasteiger partial charge in [0.25, 0.3) is 5.91 Å². The Balaban J connectivity index is 1.35. The predicted octanol–water partition coefficient (Wildman–Crippen LogP) is 4.30. The third kappa shape index (κ3) is 4.42. The fourth-order valence-corrected chi connectivity index (χ4v) is 9.52. The summed E-state index contributed by atoms with van der Waals surface area (Å²) in [6.45, 7) is 4.21. The highest BCUT2D eigenvalue weighted by molar-refractivity contribution is 7.99. The Morgan fingerprint density at radius 3 is 2.48 bits per heavy atom. The van der Waals surface area contributed by atoms with Gasteiger partial charge in [-0.15, -0.1) is 11.8 Å². The van der Waals surface area contributed by atoms with Crippen LogP contribution in [0.3, 0.4) is 0 Å². The molecule has 4 bridgehead atoms. The van der Waals surface area contributed by atoms with E-state index < -0.39 is 14.6 Å². The van der Waals surface area contributed by atoms with Crippen LogP contribution in [-0.2, 0) is 9.84 Å². The normalized spacial score (nSPS) is 33.3. The molecule has 5 aliphatic rings. The van der Waals surface area contributed by atoms with Crippen molar-refractivity contribution in [1.29, 1.82) is 0 Å². The highest BCUT2D eigenvalue weighted by atomic mass is 32.2. The quantitative estimate of drug-likeness (QED) is 0.573. The zero-order chi connectivity index (χ0) is 23.2. The topological polar surface area (TPSA) is 79.4 Å². The number of nitrogens with zero attached hydrogens (tertiary/aromatic N) is 2. The van der Waals surface area contributed by atoms with Crippen molar-refractivity contribution >= 4 is 33.3 Å². The van der Waals surface area contributed by atoms with Crippen LogP contribution in [0, 0.1) is 17.8 Å². The molecule has 1 aromatic heterocycles. The first kappa shape index (κ1) is 23.5. The van der Waals surface area contributed by atoms with Crippen molar-refractivity contribution in [3.63, 3.8) is 0 Å². The second-order valence-corrected chi connectivity index (χ2v) is 14.3. The number of anilines is 1. The molecule has 5 fully saturated rings. The number of amides is 1. The van der Waals surface area contributed by atoms with E-state index >= 15 is 0 Å². The molecule has 6 rings (SSSR count). The molecule has 2 unspecified atom stereocenters. The Labute approximate surface area is 202 Å². The fraction of sp³-hybridized carbons (Fsp3) is 0.760. The van der Waals surface area contributed by atoms with E-state index in [0.29, 0.717) is 24.3 Å².